The molecule has 2 aromatic rings. The number of methoxy groups -OCH3 is 1. The van der Waals surface area contributed by atoms with E-state index in [2.05, 4.69) is 4.74 Å². The number of rotatable bonds is 4. The molecule has 8 heteroatoms. The molecule has 0 fully saturated rings. The van der Waals surface area contributed by atoms with Crippen molar-refractivity contribution in [3.05, 3.63) is 59.2 Å². The van der Waals surface area contributed by atoms with E-state index in [9.17, 15) is 18.3 Å². The quantitative estimate of drug-likeness (QED) is 0.367. The maximum absolute atomic E-state index is 11.5. The van der Waals surface area contributed by atoms with Crippen LogP contribution in [-0.4, -0.2) is 82.5 Å². The molecular weight excluding hydrogens is 359 g/mol. The van der Waals surface area contributed by atoms with Crippen LogP contribution in [0.2, 0.25) is 0 Å². The summed E-state index contributed by atoms with van der Waals surface area (Å²) in [7, 11) is -2.99. The molecule has 2 rings (SSSR count). The van der Waals surface area contributed by atoms with E-state index in [0.29, 0.717) is 11.1 Å². The Bertz CT molecular complexity index is 857. The number of benzene rings is 2. The fraction of sp³-hybridized carbons (Fsp3) is 0.0625. The molecule has 0 aliphatic rings. The second kappa shape index (κ2) is 8.91. The van der Waals surface area contributed by atoms with E-state index in [1.54, 1.807) is 18.2 Å². The van der Waals surface area contributed by atoms with Crippen molar-refractivity contribution >= 4 is 79.6 Å². The van der Waals surface area contributed by atoms with Gasteiger partial charge in [-0.1, -0.05) is 30.4 Å². The third-order valence-electron chi connectivity index (χ3n) is 3.07. The van der Waals surface area contributed by atoms with Crippen molar-refractivity contribution in [2.75, 3.05) is 7.11 Å². The number of hydrogen-bond acceptors (Lipinski definition) is 5. The molecule has 2 N–H and O–H groups in total. The second-order valence-electron chi connectivity index (χ2n) is 4.65. The van der Waals surface area contributed by atoms with Gasteiger partial charge in [-0.15, -0.1) is 0 Å². The summed E-state index contributed by atoms with van der Waals surface area (Å²) in [4.78, 5) is 11.3. The topological polar surface area (TPSA) is 101 Å². The number of ether oxygens (including phenoxy) is 1. The minimum absolute atomic E-state index is 0. The van der Waals surface area contributed by atoms with Crippen LogP contribution in [0.5, 0.6) is 5.75 Å². The van der Waals surface area contributed by atoms with E-state index in [1.807, 2.05) is 0 Å². The first kappa shape index (κ1) is 21.0. The zero-order valence-electron chi connectivity index (χ0n) is 12.1. The van der Waals surface area contributed by atoms with Crippen molar-refractivity contribution in [2.45, 2.75) is 4.90 Å². The van der Waals surface area contributed by atoms with Crippen LogP contribution in [0.3, 0.4) is 0 Å². The molecule has 6 nitrogen and oxygen atoms in total. The zero-order chi connectivity index (χ0) is 17.0. The van der Waals surface area contributed by atoms with Crippen molar-refractivity contribution in [3.63, 3.8) is 0 Å². The molecule has 2 aromatic carbocycles. The molecule has 0 amide bonds. The second-order valence-corrected chi connectivity index (χ2v) is 6.07. The van der Waals surface area contributed by atoms with Gasteiger partial charge in [0.1, 0.15) is 11.3 Å². The first-order valence-corrected chi connectivity index (χ1v) is 7.92. The first-order chi connectivity index (χ1) is 10.8. The standard InChI is InChI=1S/C16H14O6S.K.H/c1-22-16(18)14-10-12(6-9-15(14)17)3-2-11-4-7-13(8-5-11)23(19,20)21;;/h2-10,17H,1H3,(H,19,20,21);;/b3-2+;;. The van der Waals surface area contributed by atoms with Gasteiger partial charge in [-0.3, -0.25) is 4.55 Å². The van der Waals surface area contributed by atoms with Crippen molar-refractivity contribution in [3.8, 4) is 5.75 Å². The van der Waals surface area contributed by atoms with E-state index in [4.69, 9.17) is 4.55 Å². The fourth-order valence-corrected chi connectivity index (χ4v) is 2.35. The van der Waals surface area contributed by atoms with Gasteiger partial charge in [-0.05, 0) is 35.4 Å². The van der Waals surface area contributed by atoms with Gasteiger partial charge in [0.05, 0.1) is 12.0 Å². The van der Waals surface area contributed by atoms with Crippen LogP contribution in [0.1, 0.15) is 21.5 Å². The number of carbonyl (C=O) groups is 1. The van der Waals surface area contributed by atoms with Crippen molar-refractivity contribution in [1.29, 1.82) is 0 Å². The van der Waals surface area contributed by atoms with E-state index < -0.39 is 16.1 Å². The van der Waals surface area contributed by atoms with Crippen molar-refractivity contribution in [1.82, 2.24) is 0 Å². The molecule has 24 heavy (non-hydrogen) atoms. The summed E-state index contributed by atoms with van der Waals surface area (Å²) in [5.74, 6) is -0.818. The van der Waals surface area contributed by atoms with E-state index in [-0.39, 0.29) is 67.6 Å². The predicted octanol–water partition coefficient (Wildman–Crippen LogP) is 1.95. The average molecular weight is 374 g/mol. The first-order valence-electron chi connectivity index (χ1n) is 6.48. The van der Waals surface area contributed by atoms with Gasteiger partial charge in [0, 0.05) is 0 Å². The van der Waals surface area contributed by atoms with Crippen molar-refractivity contribution < 1.29 is 27.6 Å². The Kier molecular flexibility index (Phi) is 7.81. The van der Waals surface area contributed by atoms with E-state index in [1.165, 1.54) is 43.5 Å². The molecule has 0 unspecified atom stereocenters. The van der Waals surface area contributed by atoms with Crippen LogP contribution in [0.25, 0.3) is 12.2 Å². The molecular formula is C16H15KO6S. The zero-order valence-corrected chi connectivity index (χ0v) is 12.9. The normalized spacial score (nSPS) is 11.1. The van der Waals surface area contributed by atoms with E-state index >= 15 is 0 Å². The summed E-state index contributed by atoms with van der Waals surface area (Å²) < 4.78 is 35.4. The van der Waals surface area contributed by atoms with Crippen LogP contribution < -0.4 is 0 Å². The molecule has 0 radical (unpaired) electrons. The Morgan fingerprint density at radius 2 is 1.58 bits per heavy atom. The number of hydrogen-bond donors (Lipinski definition) is 2. The monoisotopic (exact) mass is 374 g/mol. The third kappa shape index (κ3) is 5.52. The molecule has 122 valence electrons. The van der Waals surface area contributed by atoms with Gasteiger partial charge in [0.25, 0.3) is 10.1 Å². The summed E-state index contributed by atoms with van der Waals surface area (Å²) in [5.41, 5.74) is 1.41. The van der Waals surface area contributed by atoms with Crippen LogP contribution in [0.15, 0.2) is 47.4 Å². The maximum atomic E-state index is 11.5. The van der Waals surface area contributed by atoms with Gasteiger partial charge >= 0.3 is 57.4 Å². The fourth-order valence-electron chi connectivity index (χ4n) is 1.87. The molecule has 0 aliphatic heterocycles. The summed E-state index contributed by atoms with van der Waals surface area (Å²) in [6, 6.07) is 10.1. The van der Waals surface area contributed by atoms with Crippen LogP contribution >= 0.6 is 0 Å². The van der Waals surface area contributed by atoms with Crippen LogP contribution in [0, 0.1) is 0 Å². The van der Waals surface area contributed by atoms with Gasteiger partial charge in [0.2, 0.25) is 0 Å². The number of carbonyl (C=O) groups excluding carboxylic acids is 1. The van der Waals surface area contributed by atoms with Crippen LogP contribution in [0.4, 0.5) is 0 Å². The van der Waals surface area contributed by atoms with Crippen molar-refractivity contribution in [2.24, 2.45) is 0 Å². The summed E-state index contributed by atoms with van der Waals surface area (Å²) in [6.07, 6.45) is 3.38. The Balaban J connectivity index is 0.00000288. The molecule has 0 spiro atoms. The third-order valence-corrected chi connectivity index (χ3v) is 3.94. The number of esters is 1. The van der Waals surface area contributed by atoms with Crippen LogP contribution in [-0.2, 0) is 14.9 Å². The Morgan fingerprint density at radius 1 is 1.04 bits per heavy atom. The SMILES string of the molecule is COC(=O)c1cc(/C=C/c2ccc(S(=O)(=O)O)cc2)ccc1O.[KH]. The van der Waals surface area contributed by atoms with Gasteiger partial charge in [-0.25, -0.2) is 4.79 Å². The molecule has 0 saturated heterocycles. The van der Waals surface area contributed by atoms with E-state index in [0.717, 1.165) is 0 Å². The summed E-state index contributed by atoms with van der Waals surface area (Å²) >= 11 is 0. The van der Waals surface area contributed by atoms with Gasteiger partial charge in [0.15, 0.2) is 0 Å². The van der Waals surface area contributed by atoms with Gasteiger partial charge < -0.3 is 9.84 Å². The predicted molar refractivity (Wildman–Crippen MR) is 91.8 cm³/mol. The average Bonchev–Trinajstić information content (AvgIpc) is 2.53. The minimum atomic E-state index is -4.21. The Labute approximate surface area is 182 Å². The van der Waals surface area contributed by atoms with Gasteiger partial charge in [-0.2, -0.15) is 8.42 Å². The summed E-state index contributed by atoms with van der Waals surface area (Å²) in [5, 5.41) is 9.62. The number of aromatic hydroxyl groups is 1. The Morgan fingerprint density at radius 3 is 2.12 bits per heavy atom. The summed E-state index contributed by atoms with van der Waals surface area (Å²) in [6.45, 7) is 0. The molecule has 0 atom stereocenters. The Hall–Kier alpha value is -1.00. The molecule has 0 aromatic heterocycles. The molecule has 0 bridgehead atoms. The number of phenols is 1. The number of phenolic OH excluding ortho intramolecular Hbond substituents is 1. The molecule has 0 heterocycles. The molecule has 0 aliphatic carbocycles. The molecule has 0 saturated carbocycles.